The van der Waals surface area contributed by atoms with Gasteiger partial charge in [-0.25, -0.2) is 0 Å². The molecule has 106 valence electrons. The zero-order chi connectivity index (χ0) is 14.7. The number of aryl methyl sites for hydroxylation is 1. The van der Waals surface area contributed by atoms with E-state index in [1.54, 1.807) is 0 Å². The molecule has 2 nitrogen and oxygen atoms in total. The maximum atomic E-state index is 12.8. The van der Waals surface area contributed by atoms with Gasteiger partial charge in [0, 0.05) is 11.8 Å². The van der Waals surface area contributed by atoms with Crippen molar-refractivity contribution in [3.8, 4) is 11.1 Å². The van der Waals surface area contributed by atoms with Crippen LogP contribution in [0, 0.1) is 0 Å². The molecule has 0 unspecified atom stereocenters. The SMILES string of the molecule is O=c1c(-c2ccccc2)c(CCCBr)oc2ccccc12. The van der Waals surface area contributed by atoms with E-state index >= 15 is 0 Å². The molecule has 0 spiro atoms. The first-order chi connectivity index (χ1) is 10.3. The molecule has 0 aliphatic carbocycles. The minimum absolute atomic E-state index is 0.0487. The third kappa shape index (κ3) is 2.79. The summed E-state index contributed by atoms with van der Waals surface area (Å²) in [6, 6.07) is 17.2. The molecule has 0 amide bonds. The molecule has 21 heavy (non-hydrogen) atoms. The molecule has 2 aromatic carbocycles. The summed E-state index contributed by atoms with van der Waals surface area (Å²) in [5.41, 5.74) is 2.32. The van der Waals surface area contributed by atoms with Gasteiger partial charge in [0.05, 0.1) is 10.9 Å². The van der Waals surface area contributed by atoms with Crippen LogP contribution in [0.4, 0.5) is 0 Å². The quantitative estimate of drug-likeness (QED) is 0.638. The van der Waals surface area contributed by atoms with Crippen LogP contribution in [-0.4, -0.2) is 5.33 Å². The Morgan fingerprint density at radius 3 is 2.43 bits per heavy atom. The Morgan fingerprint density at radius 1 is 0.952 bits per heavy atom. The topological polar surface area (TPSA) is 30.2 Å². The molecule has 1 aromatic heterocycles. The summed E-state index contributed by atoms with van der Waals surface area (Å²) in [4.78, 5) is 12.8. The van der Waals surface area contributed by atoms with Crippen LogP contribution in [0.25, 0.3) is 22.1 Å². The Hall–Kier alpha value is -1.87. The van der Waals surface area contributed by atoms with Crippen LogP contribution in [-0.2, 0) is 6.42 Å². The molecule has 0 saturated carbocycles. The fraction of sp³-hybridized carbons (Fsp3) is 0.167. The van der Waals surface area contributed by atoms with Gasteiger partial charge in [-0.2, -0.15) is 0 Å². The molecular formula is C18H15BrO2. The monoisotopic (exact) mass is 342 g/mol. The average molecular weight is 343 g/mol. The molecule has 0 atom stereocenters. The lowest BCUT2D eigenvalue weighted by Crippen LogP contribution is -2.09. The molecule has 1 heterocycles. The first-order valence-electron chi connectivity index (χ1n) is 6.97. The van der Waals surface area contributed by atoms with Crippen molar-refractivity contribution in [2.75, 3.05) is 5.33 Å². The highest BCUT2D eigenvalue weighted by molar-refractivity contribution is 9.09. The fourth-order valence-electron chi connectivity index (χ4n) is 2.49. The number of alkyl halides is 1. The fourth-order valence-corrected chi connectivity index (χ4v) is 2.77. The van der Waals surface area contributed by atoms with Crippen molar-refractivity contribution in [3.63, 3.8) is 0 Å². The Bertz CT molecular complexity index is 806. The van der Waals surface area contributed by atoms with Gasteiger partial charge in [-0.3, -0.25) is 4.79 Å². The first kappa shape index (κ1) is 14.1. The van der Waals surface area contributed by atoms with E-state index in [1.807, 2.05) is 54.6 Å². The number of fused-ring (bicyclic) bond motifs is 1. The molecular weight excluding hydrogens is 328 g/mol. The summed E-state index contributed by atoms with van der Waals surface area (Å²) in [7, 11) is 0. The highest BCUT2D eigenvalue weighted by Gasteiger charge is 2.15. The maximum Gasteiger partial charge on any atom is 0.200 e. The third-order valence-corrected chi connectivity index (χ3v) is 4.03. The Kier molecular flexibility index (Phi) is 4.20. The maximum absolute atomic E-state index is 12.8. The molecule has 0 N–H and O–H groups in total. The third-order valence-electron chi connectivity index (χ3n) is 3.47. The molecule has 3 heteroatoms. The Labute approximate surface area is 131 Å². The minimum Gasteiger partial charge on any atom is -0.460 e. The van der Waals surface area contributed by atoms with E-state index in [9.17, 15) is 4.79 Å². The van der Waals surface area contributed by atoms with Crippen LogP contribution < -0.4 is 5.43 Å². The summed E-state index contributed by atoms with van der Waals surface area (Å²) < 4.78 is 6.01. The van der Waals surface area contributed by atoms with Gasteiger partial charge >= 0.3 is 0 Å². The van der Waals surface area contributed by atoms with E-state index in [2.05, 4.69) is 15.9 Å². The number of halogens is 1. The molecule has 0 saturated heterocycles. The van der Waals surface area contributed by atoms with Crippen molar-refractivity contribution in [2.45, 2.75) is 12.8 Å². The molecule has 0 radical (unpaired) electrons. The molecule has 0 bridgehead atoms. The first-order valence-corrected chi connectivity index (χ1v) is 8.09. The predicted octanol–water partition coefficient (Wildman–Crippen LogP) is 4.79. The smallest absolute Gasteiger partial charge is 0.200 e. The van der Waals surface area contributed by atoms with Gasteiger partial charge in [0.2, 0.25) is 5.43 Å². The molecule has 0 aliphatic heterocycles. The minimum atomic E-state index is 0.0487. The van der Waals surface area contributed by atoms with E-state index in [4.69, 9.17) is 4.42 Å². The van der Waals surface area contributed by atoms with E-state index < -0.39 is 0 Å². The van der Waals surface area contributed by atoms with Gasteiger partial charge in [-0.15, -0.1) is 0 Å². The molecule has 3 rings (SSSR count). The standard InChI is InChI=1S/C18H15BrO2/c19-12-6-11-16-17(13-7-2-1-3-8-13)18(20)14-9-4-5-10-15(14)21-16/h1-5,7-10H,6,11-12H2. The number of hydrogen-bond donors (Lipinski definition) is 0. The van der Waals surface area contributed by atoms with Gasteiger partial charge in [-0.05, 0) is 24.1 Å². The normalized spacial score (nSPS) is 10.9. The highest BCUT2D eigenvalue weighted by Crippen LogP contribution is 2.25. The Morgan fingerprint density at radius 2 is 1.67 bits per heavy atom. The predicted molar refractivity (Wildman–Crippen MR) is 90.0 cm³/mol. The van der Waals surface area contributed by atoms with E-state index in [-0.39, 0.29) is 5.43 Å². The second kappa shape index (κ2) is 6.27. The summed E-state index contributed by atoms with van der Waals surface area (Å²) in [6.07, 6.45) is 1.68. The summed E-state index contributed by atoms with van der Waals surface area (Å²) in [6.45, 7) is 0. The summed E-state index contributed by atoms with van der Waals surface area (Å²) in [5.74, 6) is 0.768. The zero-order valence-electron chi connectivity index (χ0n) is 11.5. The van der Waals surface area contributed by atoms with Gasteiger partial charge < -0.3 is 4.42 Å². The number of para-hydroxylation sites is 1. The van der Waals surface area contributed by atoms with Crippen molar-refractivity contribution in [3.05, 3.63) is 70.6 Å². The average Bonchev–Trinajstić information content (AvgIpc) is 2.54. The second-order valence-electron chi connectivity index (χ2n) is 4.88. The largest absolute Gasteiger partial charge is 0.460 e. The van der Waals surface area contributed by atoms with Crippen LogP contribution in [0.15, 0.2) is 63.8 Å². The van der Waals surface area contributed by atoms with Gasteiger partial charge in [0.1, 0.15) is 11.3 Å². The lowest BCUT2D eigenvalue weighted by Gasteiger charge is -2.09. The Balaban J connectivity index is 2.29. The van der Waals surface area contributed by atoms with Crippen LogP contribution >= 0.6 is 15.9 Å². The van der Waals surface area contributed by atoms with Gasteiger partial charge in [0.25, 0.3) is 0 Å². The second-order valence-corrected chi connectivity index (χ2v) is 5.68. The van der Waals surface area contributed by atoms with Crippen LogP contribution in [0.3, 0.4) is 0 Å². The number of hydrogen-bond acceptors (Lipinski definition) is 2. The van der Waals surface area contributed by atoms with Crippen molar-refractivity contribution in [1.82, 2.24) is 0 Å². The van der Waals surface area contributed by atoms with Crippen LogP contribution in [0.1, 0.15) is 12.2 Å². The van der Waals surface area contributed by atoms with Crippen molar-refractivity contribution in [1.29, 1.82) is 0 Å². The molecule has 0 fully saturated rings. The van der Waals surface area contributed by atoms with E-state index in [0.29, 0.717) is 16.5 Å². The highest BCUT2D eigenvalue weighted by atomic mass is 79.9. The molecule has 0 aliphatic rings. The summed E-state index contributed by atoms with van der Waals surface area (Å²) >= 11 is 3.44. The van der Waals surface area contributed by atoms with E-state index in [0.717, 1.165) is 29.5 Å². The number of benzene rings is 2. The van der Waals surface area contributed by atoms with Gasteiger partial charge in [0.15, 0.2) is 0 Å². The number of rotatable bonds is 4. The van der Waals surface area contributed by atoms with E-state index in [1.165, 1.54) is 0 Å². The van der Waals surface area contributed by atoms with Crippen molar-refractivity contribution in [2.24, 2.45) is 0 Å². The lowest BCUT2D eigenvalue weighted by atomic mass is 10.0. The summed E-state index contributed by atoms with van der Waals surface area (Å²) in [5, 5.41) is 1.52. The van der Waals surface area contributed by atoms with Crippen molar-refractivity contribution < 1.29 is 4.42 Å². The van der Waals surface area contributed by atoms with Crippen LogP contribution in [0.2, 0.25) is 0 Å². The van der Waals surface area contributed by atoms with Crippen LogP contribution in [0.5, 0.6) is 0 Å². The van der Waals surface area contributed by atoms with Gasteiger partial charge in [-0.1, -0.05) is 58.4 Å². The zero-order valence-corrected chi connectivity index (χ0v) is 13.1. The lowest BCUT2D eigenvalue weighted by molar-refractivity contribution is 0.535. The van der Waals surface area contributed by atoms with Crippen molar-refractivity contribution >= 4 is 26.9 Å². The molecule has 3 aromatic rings.